The number of rotatable bonds is 4. The van der Waals surface area contributed by atoms with Crippen LogP contribution < -0.4 is 14.8 Å². The highest BCUT2D eigenvalue weighted by Crippen LogP contribution is 2.41. The van der Waals surface area contributed by atoms with Crippen molar-refractivity contribution in [3.63, 3.8) is 0 Å². The molecule has 0 saturated heterocycles. The molecule has 4 nitrogen and oxygen atoms in total. The smallest absolute Gasteiger partial charge is 0.258 e. The molecule has 0 aromatic heterocycles. The third-order valence-corrected chi connectivity index (χ3v) is 4.21. The largest absolute Gasteiger partial charge is 0.483 e. The molecule has 0 atom stereocenters. The maximum absolute atomic E-state index is 12.0. The van der Waals surface area contributed by atoms with Crippen molar-refractivity contribution in [2.45, 2.75) is 25.9 Å². The van der Waals surface area contributed by atoms with Gasteiger partial charge in [0.05, 0.1) is 11.6 Å². The van der Waals surface area contributed by atoms with Crippen LogP contribution in [-0.4, -0.2) is 24.7 Å². The van der Waals surface area contributed by atoms with Gasteiger partial charge in [0, 0.05) is 17.5 Å². The van der Waals surface area contributed by atoms with Crippen LogP contribution in [0.25, 0.3) is 0 Å². The Hall–Kier alpha value is -2.64. The molecule has 0 radical (unpaired) electrons. The number of carbonyl (C=O) groups excluding carboxylic acids is 1. The van der Waals surface area contributed by atoms with Gasteiger partial charge in [-0.25, -0.2) is 0 Å². The minimum atomic E-state index is -0.252. The molecule has 0 fully saturated rings. The van der Waals surface area contributed by atoms with E-state index in [2.05, 4.69) is 17.2 Å². The fourth-order valence-electron chi connectivity index (χ4n) is 2.74. The van der Waals surface area contributed by atoms with Crippen LogP contribution in [0.5, 0.6) is 11.5 Å². The van der Waals surface area contributed by atoms with E-state index in [0.29, 0.717) is 10.8 Å². The zero-order valence-corrected chi connectivity index (χ0v) is 15.5. The summed E-state index contributed by atoms with van der Waals surface area (Å²) >= 11 is 6.03. The van der Waals surface area contributed by atoms with Crippen LogP contribution >= 0.6 is 11.6 Å². The molecule has 2 aromatic rings. The summed E-state index contributed by atoms with van der Waals surface area (Å²) in [6.07, 6.45) is 0.823. The summed E-state index contributed by atoms with van der Waals surface area (Å²) in [5.41, 5.74) is 1.58. The average molecular weight is 370 g/mol. The molecule has 2 aromatic carbocycles. The van der Waals surface area contributed by atoms with Crippen molar-refractivity contribution in [1.29, 1.82) is 0 Å². The fraction of sp³-hybridized carbons (Fsp3) is 0.286. The van der Waals surface area contributed by atoms with Gasteiger partial charge in [0.15, 0.2) is 18.1 Å². The first-order valence-electron chi connectivity index (χ1n) is 8.38. The van der Waals surface area contributed by atoms with Crippen LogP contribution in [-0.2, 0) is 11.2 Å². The van der Waals surface area contributed by atoms with Gasteiger partial charge in [-0.15, -0.1) is 0 Å². The van der Waals surface area contributed by atoms with Crippen LogP contribution in [0.4, 0.5) is 0 Å². The van der Waals surface area contributed by atoms with Gasteiger partial charge < -0.3 is 14.8 Å². The van der Waals surface area contributed by atoms with Crippen LogP contribution in [0.1, 0.15) is 25.0 Å². The summed E-state index contributed by atoms with van der Waals surface area (Å²) in [6.45, 7) is 4.19. The Kier molecular flexibility index (Phi) is 5.39. The first kappa shape index (κ1) is 18.2. The Morgan fingerprint density at radius 3 is 2.88 bits per heavy atom. The lowest BCUT2D eigenvalue weighted by Gasteiger charge is -2.18. The molecular formula is C21H20ClNO3. The van der Waals surface area contributed by atoms with Crippen molar-refractivity contribution in [2.75, 3.05) is 13.2 Å². The summed E-state index contributed by atoms with van der Waals surface area (Å²) in [5.74, 6) is 6.88. The second-order valence-electron chi connectivity index (χ2n) is 6.63. The molecule has 134 valence electrons. The maximum atomic E-state index is 12.0. The van der Waals surface area contributed by atoms with E-state index in [-0.39, 0.29) is 24.7 Å². The quantitative estimate of drug-likeness (QED) is 0.838. The number of halogens is 1. The lowest BCUT2D eigenvalue weighted by atomic mass is 10.0. The lowest BCUT2D eigenvalue weighted by Crippen LogP contribution is -2.29. The van der Waals surface area contributed by atoms with Gasteiger partial charge in [0.2, 0.25) is 0 Å². The molecule has 0 aliphatic carbocycles. The Bertz CT molecular complexity index is 880. The Morgan fingerprint density at radius 2 is 2.08 bits per heavy atom. The van der Waals surface area contributed by atoms with Gasteiger partial charge >= 0.3 is 0 Å². The van der Waals surface area contributed by atoms with E-state index in [9.17, 15) is 4.79 Å². The van der Waals surface area contributed by atoms with E-state index in [4.69, 9.17) is 21.1 Å². The number of amides is 1. The summed E-state index contributed by atoms with van der Waals surface area (Å²) in [6, 6.07) is 13.1. The van der Waals surface area contributed by atoms with Crippen molar-refractivity contribution in [1.82, 2.24) is 5.32 Å². The van der Waals surface area contributed by atoms with Crippen molar-refractivity contribution < 1.29 is 14.3 Å². The third kappa shape index (κ3) is 4.50. The van der Waals surface area contributed by atoms with E-state index in [0.717, 1.165) is 23.3 Å². The summed E-state index contributed by atoms with van der Waals surface area (Å²) in [4.78, 5) is 12.0. The van der Waals surface area contributed by atoms with Crippen LogP contribution in [0.15, 0.2) is 42.5 Å². The number of fused-ring (bicyclic) bond motifs is 1. The Labute approximate surface area is 158 Å². The zero-order valence-electron chi connectivity index (χ0n) is 14.8. The number of para-hydroxylation sites is 1. The van der Waals surface area contributed by atoms with E-state index in [1.807, 2.05) is 50.2 Å². The summed E-state index contributed by atoms with van der Waals surface area (Å²) in [7, 11) is 0. The monoisotopic (exact) mass is 369 g/mol. The van der Waals surface area contributed by atoms with Gasteiger partial charge in [0.25, 0.3) is 5.91 Å². The van der Waals surface area contributed by atoms with Crippen LogP contribution in [0.2, 0.25) is 5.02 Å². The highest BCUT2D eigenvalue weighted by atomic mass is 35.5. The molecule has 3 rings (SSSR count). The van der Waals surface area contributed by atoms with E-state index < -0.39 is 0 Å². The van der Waals surface area contributed by atoms with Gasteiger partial charge in [-0.05, 0) is 32.0 Å². The summed E-state index contributed by atoms with van der Waals surface area (Å²) < 4.78 is 11.6. The minimum Gasteiger partial charge on any atom is -0.483 e. The van der Waals surface area contributed by atoms with Gasteiger partial charge in [-0.2, -0.15) is 0 Å². The third-order valence-electron chi connectivity index (χ3n) is 3.88. The molecule has 0 saturated carbocycles. The second kappa shape index (κ2) is 7.72. The Morgan fingerprint density at radius 1 is 1.27 bits per heavy atom. The number of hydrogen-bond donors (Lipinski definition) is 1. The van der Waals surface area contributed by atoms with Crippen molar-refractivity contribution in [3.8, 4) is 23.3 Å². The van der Waals surface area contributed by atoms with Crippen molar-refractivity contribution in [2.24, 2.45) is 0 Å². The SMILES string of the molecule is CC1(C)Cc2cccc(OCC(=O)NCC#Cc3ccccc3Cl)c2O1. The molecule has 1 heterocycles. The van der Waals surface area contributed by atoms with E-state index in [1.165, 1.54) is 0 Å². The summed E-state index contributed by atoms with van der Waals surface area (Å²) in [5, 5.41) is 3.30. The van der Waals surface area contributed by atoms with Gasteiger partial charge in [-0.3, -0.25) is 4.79 Å². The molecular weight excluding hydrogens is 350 g/mol. The number of benzene rings is 2. The second-order valence-corrected chi connectivity index (χ2v) is 7.04. The Balaban J connectivity index is 1.51. The van der Waals surface area contributed by atoms with Crippen molar-refractivity contribution >= 4 is 17.5 Å². The number of carbonyl (C=O) groups is 1. The fourth-order valence-corrected chi connectivity index (χ4v) is 2.92. The molecule has 1 N–H and O–H groups in total. The maximum Gasteiger partial charge on any atom is 0.258 e. The number of hydrogen-bond acceptors (Lipinski definition) is 3. The lowest BCUT2D eigenvalue weighted by molar-refractivity contribution is -0.122. The zero-order chi connectivity index (χ0) is 18.6. The molecule has 1 amide bonds. The minimum absolute atomic E-state index is 0.0893. The predicted octanol–water partition coefficient (Wildman–Crippen LogP) is 3.60. The number of ether oxygens (including phenoxy) is 2. The van der Waals surface area contributed by atoms with E-state index in [1.54, 1.807) is 6.07 Å². The predicted molar refractivity (Wildman–Crippen MR) is 102 cm³/mol. The topological polar surface area (TPSA) is 47.6 Å². The van der Waals surface area contributed by atoms with E-state index >= 15 is 0 Å². The molecule has 0 unspecified atom stereocenters. The average Bonchev–Trinajstić information content (AvgIpc) is 2.92. The standard InChI is InChI=1S/C21H20ClNO3/c1-21(2)13-16-8-5-11-18(20(16)26-21)25-14-19(24)23-12-6-9-15-7-3-4-10-17(15)22/h3-5,7-8,10-11H,12-14H2,1-2H3,(H,23,24). The molecule has 0 bridgehead atoms. The normalized spacial score (nSPS) is 13.8. The first-order chi connectivity index (χ1) is 12.4. The van der Waals surface area contributed by atoms with Crippen LogP contribution in [0.3, 0.4) is 0 Å². The highest BCUT2D eigenvalue weighted by Gasteiger charge is 2.32. The molecule has 5 heteroatoms. The molecule has 0 spiro atoms. The first-order valence-corrected chi connectivity index (χ1v) is 8.76. The highest BCUT2D eigenvalue weighted by molar-refractivity contribution is 6.31. The van der Waals surface area contributed by atoms with Crippen LogP contribution in [0, 0.1) is 11.8 Å². The number of nitrogens with one attached hydrogen (secondary N) is 1. The molecule has 26 heavy (non-hydrogen) atoms. The van der Waals surface area contributed by atoms with Crippen molar-refractivity contribution in [3.05, 3.63) is 58.6 Å². The van der Waals surface area contributed by atoms with Gasteiger partial charge in [0.1, 0.15) is 5.60 Å². The molecule has 1 aliphatic rings. The molecule has 1 aliphatic heterocycles. The van der Waals surface area contributed by atoms with Gasteiger partial charge in [-0.1, -0.05) is 47.7 Å².